The third kappa shape index (κ3) is 3.50. The number of aromatic nitrogens is 5. The molecule has 0 bridgehead atoms. The second-order valence-electron chi connectivity index (χ2n) is 6.68. The van der Waals surface area contributed by atoms with Crippen molar-refractivity contribution in [1.29, 1.82) is 0 Å². The van der Waals surface area contributed by atoms with Gasteiger partial charge in [-0.2, -0.15) is 10.1 Å². The van der Waals surface area contributed by atoms with Crippen molar-refractivity contribution in [2.45, 2.75) is 6.54 Å². The van der Waals surface area contributed by atoms with E-state index in [-0.39, 0.29) is 29.5 Å². The van der Waals surface area contributed by atoms with Crippen LogP contribution in [0, 0.1) is 5.82 Å². The van der Waals surface area contributed by atoms with Crippen LogP contribution in [-0.2, 0) is 20.6 Å². The van der Waals surface area contributed by atoms with Gasteiger partial charge in [-0.15, -0.1) is 0 Å². The zero-order chi connectivity index (χ0) is 21.3. The quantitative estimate of drug-likeness (QED) is 0.399. The van der Waals surface area contributed by atoms with Crippen LogP contribution < -0.4 is 16.7 Å². The molecule has 0 unspecified atom stereocenters. The molecule has 1 N–H and O–H groups in total. The number of aryl methyl sites for hydroxylation is 1. The molecule has 10 heteroatoms. The van der Waals surface area contributed by atoms with E-state index < -0.39 is 11.2 Å². The van der Waals surface area contributed by atoms with E-state index in [2.05, 4.69) is 20.5 Å². The number of imidazole rings is 1. The maximum Gasteiger partial charge on any atom is 0.332 e. The Labute approximate surface area is 169 Å². The lowest BCUT2D eigenvalue weighted by molar-refractivity contribution is 0.624. The fraction of sp³-hybridized carbons (Fsp3) is 0.150. The summed E-state index contributed by atoms with van der Waals surface area (Å²) in [4.78, 5) is 33.5. The van der Waals surface area contributed by atoms with Crippen LogP contribution >= 0.6 is 0 Å². The maximum atomic E-state index is 13.7. The summed E-state index contributed by atoms with van der Waals surface area (Å²) in [5.74, 6) is -0.139. The number of rotatable bonds is 5. The number of anilines is 1. The number of hydrogen-bond donors (Lipinski definition) is 1. The summed E-state index contributed by atoms with van der Waals surface area (Å²) in [7, 11) is 2.94. The third-order valence-corrected chi connectivity index (χ3v) is 4.66. The number of nitrogens with zero attached hydrogens (tertiary/aromatic N) is 6. The Hall–Kier alpha value is -4.08. The molecule has 0 radical (unpaired) electrons. The molecule has 0 aliphatic rings. The summed E-state index contributed by atoms with van der Waals surface area (Å²) < 4.78 is 17.6. The van der Waals surface area contributed by atoms with Crippen molar-refractivity contribution >= 4 is 23.3 Å². The predicted molar refractivity (Wildman–Crippen MR) is 111 cm³/mol. The number of halogens is 1. The zero-order valence-electron chi connectivity index (χ0n) is 16.3. The Morgan fingerprint density at radius 1 is 1.13 bits per heavy atom. The average molecular weight is 407 g/mol. The van der Waals surface area contributed by atoms with Crippen molar-refractivity contribution in [1.82, 2.24) is 23.7 Å². The van der Waals surface area contributed by atoms with Gasteiger partial charge < -0.3 is 0 Å². The highest BCUT2D eigenvalue weighted by atomic mass is 19.1. The largest absolute Gasteiger partial charge is 0.332 e. The molecule has 0 fully saturated rings. The van der Waals surface area contributed by atoms with E-state index in [9.17, 15) is 14.0 Å². The van der Waals surface area contributed by atoms with E-state index in [1.165, 1.54) is 30.8 Å². The smallest absolute Gasteiger partial charge is 0.298 e. The molecule has 152 valence electrons. The molecule has 3 aromatic heterocycles. The van der Waals surface area contributed by atoms with Gasteiger partial charge in [0.15, 0.2) is 11.2 Å². The highest BCUT2D eigenvalue weighted by Gasteiger charge is 2.19. The number of fused-ring (bicyclic) bond motifs is 1. The zero-order valence-corrected chi connectivity index (χ0v) is 16.3. The average Bonchev–Trinajstić information content (AvgIpc) is 3.10. The molecule has 1 aromatic carbocycles. The maximum absolute atomic E-state index is 13.7. The lowest BCUT2D eigenvalue weighted by Crippen LogP contribution is -2.37. The molecule has 0 atom stereocenters. The van der Waals surface area contributed by atoms with Gasteiger partial charge in [0.2, 0.25) is 5.95 Å². The highest BCUT2D eigenvalue weighted by Crippen LogP contribution is 2.18. The van der Waals surface area contributed by atoms with Gasteiger partial charge in [0, 0.05) is 26.5 Å². The van der Waals surface area contributed by atoms with Gasteiger partial charge in [0.1, 0.15) is 5.82 Å². The molecule has 0 aliphatic heterocycles. The van der Waals surface area contributed by atoms with E-state index in [1.54, 1.807) is 47.4 Å². The second-order valence-corrected chi connectivity index (χ2v) is 6.68. The molecule has 4 rings (SSSR count). The molecule has 0 saturated heterocycles. The van der Waals surface area contributed by atoms with Crippen LogP contribution in [0.4, 0.5) is 10.3 Å². The topological polar surface area (TPSA) is 99.1 Å². The van der Waals surface area contributed by atoms with Crippen LogP contribution in [0.5, 0.6) is 0 Å². The van der Waals surface area contributed by atoms with Crippen LogP contribution in [0.1, 0.15) is 11.1 Å². The highest BCUT2D eigenvalue weighted by molar-refractivity contribution is 5.80. The summed E-state index contributed by atoms with van der Waals surface area (Å²) in [6, 6.07) is 9.61. The number of nitrogens with one attached hydrogen (secondary N) is 1. The van der Waals surface area contributed by atoms with Gasteiger partial charge in [0.25, 0.3) is 5.56 Å². The summed E-state index contributed by atoms with van der Waals surface area (Å²) in [6.45, 7) is 0.162. The lowest BCUT2D eigenvalue weighted by Gasteiger charge is -2.09. The van der Waals surface area contributed by atoms with Gasteiger partial charge in [0.05, 0.1) is 12.8 Å². The van der Waals surface area contributed by atoms with Crippen molar-refractivity contribution < 1.29 is 4.39 Å². The molecule has 9 nitrogen and oxygen atoms in total. The normalized spacial score (nSPS) is 11.4. The Bertz CT molecular complexity index is 1370. The monoisotopic (exact) mass is 407 g/mol. The van der Waals surface area contributed by atoms with Gasteiger partial charge in [-0.05, 0) is 35.4 Å². The fourth-order valence-corrected chi connectivity index (χ4v) is 3.12. The van der Waals surface area contributed by atoms with Gasteiger partial charge >= 0.3 is 5.69 Å². The van der Waals surface area contributed by atoms with E-state index in [4.69, 9.17) is 0 Å². The first-order valence-corrected chi connectivity index (χ1v) is 9.05. The van der Waals surface area contributed by atoms with E-state index in [0.717, 1.165) is 10.1 Å². The van der Waals surface area contributed by atoms with Crippen molar-refractivity contribution in [2.75, 3.05) is 5.43 Å². The van der Waals surface area contributed by atoms with Crippen molar-refractivity contribution in [3.63, 3.8) is 0 Å². The van der Waals surface area contributed by atoms with Crippen LogP contribution in [0.2, 0.25) is 0 Å². The van der Waals surface area contributed by atoms with E-state index >= 15 is 0 Å². The SMILES string of the molecule is Cn1c(=O)c2c(nc(NN=Cc3ccncc3)n2Cc2cccc(F)c2)n(C)c1=O. The Morgan fingerprint density at radius 2 is 1.90 bits per heavy atom. The first-order valence-electron chi connectivity index (χ1n) is 9.05. The number of hydrogen-bond acceptors (Lipinski definition) is 6. The first-order chi connectivity index (χ1) is 14.5. The van der Waals surface area contributed by atoms with E-state index in [1.807, 2.05) is 0 Å². The van der Waals surface area contributed by atoms with Gasteiger partial charge in [-0.1, -0.05) is 12.1 Å². The lowest BCUT2D eigenvalue weighted by atomic mass is 10.2. The summed E-state index contributed by atoms with van der Waals surface area (Å²) in [6.07, 6.45) is 4.85. The number of pyridine rings is 1. The molecular weight excluding hydrogens is 389 g/mol. The first kappa shape index (κ1) is 19.2. The molecule has 0 spiro atoms. The summed E-state index contributed by atoms with van der Waals surface area (Å²) >= 11 is 0. The molecule has 0 saturated carbocycles. The van der Waals surface area contributed by atoms with Crippen molar-refractivity contribution in [2.24, 2.45) is 19.2 Å². The molecule has 0 amide bonds. The standard InChI is InChI=1S/C20H18FN7O2/c1-26-17-16(18(29)27(2)20(26)30)28(12-14-4-3-5-15(21)10-14)19(24-17)25-23-11-13-6-8-22-9-7-13/h3-11H,12H2,1-2H3,(H,24,25). The molecule has 30 heavy (non-hydrogen) atoms. The van der Waals surface area contributed by atoms with E-state index in [0.29, 0.717) is 5.56 Å². The second kappa shape index (κ2) is 7.74. The van der Waals surface area contributed by atoms with Crippen LogP contribution in [0.15, 0.2) is 63.5 Å². The molecule has 3 heterocycles. The minimum atomic E-state index is -0.497. The number of hydrazone groups is 1. The minimum Gasteiger partial charge on any atom is -0.298 e. The van der Waals surface area contributed by atoms with Gasteiger partial charge in [-0.25, -0.2) is 14.6 Å². The summed E-state index contributed by atoms with van der Waals surface area (Å²) in [5.41, 5.74) is 3.70. The van der Waals surface area contributed by atoms with Crippen LogP contribution in [-0.4, -0.2) is 29.9 Å². The minimum absolute atomic E-state index is 0.162. The Balaban J connectivity index is 1.84. The fourth-order valence-electron chi connectivity index (χ4n) is 3.12. The number of benzene rings is 1. The molecule has 0 aliphatic carbocycles. The Morgan fingerprint density at radius 3 is 2.63 bits per heavy atom. The van der Waals surface area contributed by atoms with Crippen molar-refractivity contribution in [3.8, 4) is 0 Å². The summed E-state index contributed by atoms with van der Waals surface area (Å²) in [5, 5.41) is 4.17. The molecule has 4 aromatic rings. The Kier molecular flexibility index (Phi) is 4.97. The van der Waals surface area contributed by atoms with Crippen molar-refractivity contribution in [3.05, 3.63) is 86.6 Å². The predicted octanol–water partition coefficient (Wildman–Crippen LogP) is 1.46. The third-order valence-electron chi connectivity index (χ3n) is 4.66. The van der Waals surface area contributed by atoms with Crippen LogP contribution in [0.25, 0.3) is 11.2 Å². The van der Waals surface area contributed by atoms with Gasteiger partial charge in [-0.3, -0.25) is 23.5 Å². The van der Waals surface area contributed by atoms with Crippen LogP contribution in [0.3, 0.4) is 0 Å². The molecular formula is C20H18FN7O2.